The van der Waals surface area contributed by atoms with E-state index in [2.05, 4.69) is 5.32 Å². The maximum Gasteiger partial charge on any atom is 0.246 e. The number of piperazine rings is 1. The third-order valence-corrected chi connectivity index (χ3v) is 4.52. The first-order chi connectivity index (χ1) is 10.1. The predicted octanol–water partition coefficient (Wildman–Crippen LogP) is 1.27. The molecule has 3 rings (SSSR count). The molecule has 2 aliphatic rings. The minimum absolute atomic E-state index is 0.0603. The molecule has 0 aromatic heterocycles. The number of nitrogens with one attached hydrogen (secondary N) is 1. The molecule has 0 atom stereocenters. The molecule has 21 heavy (non-hydrogen) atoms. The van der Waals surface area contributed by atoms with Crippen molar-refractivity contribution in [2.45, 2.75) is 37.6 Å². The van der Waals surface area contributed by atoms with E-state index in [9.17, 15) is 9.59 Å². The van der Waals surface area contributed by atoms with Gasteiger partial charge >= 0.3 is 0 Å². The summed E-state index contributed by atoms with van der Waals surface area (Å²) in [4.78, 5) is 25.3. The number of rotatable bonds is 2. The Hall–Kier alpha value is -1.88. The predicted molar refractivity (Wildman–Crippen MR) is 80.8 cm³/mol. The zero-order chi connectivity index (χ0) is 14.9. The second-order valence-corrected chi connectivity index (χ2v) is 5.99. The second kappa shape index (κ2) is 5.48. The van der Waals surface area contributed by atoms with Crippen molar-refractivity contribution in [2.24, 2.45) is 5.73 Å². The largest absolute Gasteiger partial charge is 0.345 e. The summed E-state index contributed by atoms with van der Waals surface area (Å²) >= 11 is 0. The summed E-state index contributed by atoms with van der Waals surface area (Å²) in [6, 6.07) is 7.75. The Morgan fingerprint density at radius 2 is 1.81 bits per heavy atom. The summed E-state index contributed by atoms with van der Waals surface area (Å²) in [5.74, 6) is -0.208. The van der Waals surface area contributed by atoms with Crippen molar-refractivity contribution in [2.75, 3.05) is 18.0 Å². The fourth-order valence-electron chi connectivity index (χ4n) is 3.36. The SMILES string of the molecule is NC1(c2ccccc2N2CC(=O)NCC2=O)CCCCC1. The highest BCUT2D eigenvalue weighted by Gasteiger charge is 2.34. The van der Waals surface area contributed by atoms with Crippen molar-refractivity contribution in [3.63, 3.8) is 0 Å². The Bertz CT molecular complexity index is 564. The first-order valence-corrected chi connectivity index (χ1v) is 7.56. The summed E-state index contributed by atoms with van der Waals surface area (Å²) in [6.45, 7) is 0.136. The van der Waals surface area contributed by atoms with E-state index < -0.39 is 0 Å². The Kier molecular flexibility index (Phi) is 3.68. The molecular formula is C16H21N3O2. The van der Waals surface area contributed by atoms with Crippen LogP contribution in [-0.2, 0) is 15.1 Å². The Morgan fingerprint density at radius 1 is 1.10 bits per heavy atom. The molecular weight excluding hydrogens is 266 g/mol. The summed E-state index contributed by atoms with van der Waals surface area (Å²) in [6.07, 6.45) is 5.29. The monoisotopic (exact) mass is 287 g/mol. The van der Waals surface area contributed by atoms with Crippen LogP contribution in [0.2, 0.25) is 0 Å². The number of hydrogen-bond acceptors (Lipinski definition) is 3. The van der Waals surface area contributed by atoms with Crippen molar-refractivity contribution in [1.29, 1.82) is 0 Å². The van der Waals surface area contributed by atoms with Crippen LogP contribution in [0.5, 0.6) is 0 Å². The van der Waals surface area contributed by atoms with Gasteiger partial charge in [0.2, 0.25) is 11.8 Å². The van der Waals surface area contributed by atoms with E-state index in [0.29, 0.717) is 0 Å². The van der Waals surface area contributed by atoms with E-state index >= 15 is 0 Å². The number of benzene rings is 1. The zero-order valence-electron chi connectivity index (χ0n) is 12.1. The van der Waals surface area contributed by atoms with Crippen molar-refractivity contribution in [3.05, 3.63) is 29.8 Å². The van der Waals surface area contributed by atoms with Crippen molar-refractivity contribution < 1.29 is 9.59 Å². The molecule has 1 saturated heterocycles. The molecule has 5 heteroatoms. The van der Waals surface area contributed by atoms with Crippen LogP contribution in [0.4, 0.5) is 5.69 Å². The molecule has 3 N–H and O–H groups in total. The lowest BCUT2D eigenvalue weighted by Crippen LogP contribution is -2.52. The standard InChI is InChI=1S/C16H21N3O2/c17-16(8-4-1-5-9-16)12-6-2-3-7-13(12)19-11-14(20)18-10-15(19)21/h2-3,6-7H,1,4-5,8-11,17H2,(H,18,20). The Morgan fingerprint density at radius 3 is 2.57 bits per heavy atom. The van der Waals surface area contributed by atoms with Gasteiger partial charge in [0.15, 0.2) is 0 Å². The van der Waals surface area contributed by atoms with Crippen LogP contribution in [0.25, 0.3) is 0 Å². The van der Waals surface area contributed by atoms with E-state index in [1.807, 2.05) is 24.3 Å². The van der Waals surface area contributed by atoms with Gasteiger partial charge in [0.1, 0.15) is 6.54 Å². The molecule has 1 saturated carbocycles. The van der Waals surface area contributed by atoms with Crippen molar-refractivity contribution >= 4 is 17.5 Å². The smallest absolute Gasteiger partial charge is 0.246 e. The molecule has 1 aliphatic heterocycles. The van der Waals surface area contributed by atoms with Crippen LogP contribution in [0.15, 0.2) is 24.3 Å². The highest BCUT2D eigenvalue weighted by Crippen LogP contribution is 2.39. The third kappa shape index (κ3) is 2.65. The highest BCUT2D eigenvalue weighted by atomic mass is 16.2. The average molecular weight is 287 g/mol. The molecule has 2 amide bonds. The lowest BCUT2D eigenvalue weighted by molar-refractivity contribution is -0.128. The molecule has 2 fully saturated rings. The zero-order valence-corrected chi connectivity index (χ0v) is 12.1. The minimum Gasteiger partial charge on any atom is -0.345 e. The first kappa shape index (κ1) is 14.1. The van der Waals surface area contributed by atoms with Gasteiger partial charge in [-0.1, -0.05) is 37.5 Å². The van der Waals surface area contributed by atoms with E-state index in [4.69, 9.17) is 5.73 Å². The van der Waals surface area contributed by atoms with Crippen molar-refractivity contribution in [1.82, 2.24) is 5.32 Å². The average Bonchev–Trinajstić information content (AvgIpc) is 2.50. The lowest BCUT2D eigenvalue weighted by atomic mass is 9.76. The summed E-state index contributed by atoms with van der Waals surface area (Å²) < 4.78 is 0. The molecule has 0 radical (unpaired) electrons. The van der Waals surface area contributed by atoms with Crippen LogP contribution in [0.1, 0.15) is 37.7 Å². The van der Waals surface area contributed by atoms with Crippen LogP contribution in [0.3, 0.4) is 0 Å². The number of hydrogen-bond donors (Lipinski definition) is 2. The van der Waals surface area contributed by atoms with Gasteiger partial charge in [-0.3, -0.25) is 9.59 Å². The molecule has 1 heterocycles. The minimum atomic E-state index is -0.386. The van der Waals surface area contributed by atoms with Crippen LogP contribution in [-0.4, -0.2) is 24.9 Å². The number of nitrogens with zero attached hydrogens (tertiary/aromatic N) is 1. The second-order valence-electron chi connectivity index (χ2n) is 5.99. The molecule has 112 valence electrons. The van der Waals surface area contributed by atoms with Gasteiger partial charge in [0.05, 0.1) is 6.54 Å². The van der Waals surface area contributed by atoms with Crippen LogP contribution in [0, 0.1) is 0 Å². The highest BCUT2D eigenvalue weighted by molar-refractivity contribution is 6.05. The molecule has 0 unspecified atom stereocenters. The summed E-state index contributed by atoms with van der Waals surface area (Å²) in [5.41, 5.74) is 8.03. The molecule has 0 bridgehead atoms. The summed E-state index contributed by atoms with van der Waals surface area (Å²) in [7, 11) is 0. The molecule has 5 nitrogen and oxygen atoms in total. The Balaban J connectivity index is 1.99. The van der Waals surface area contributed by atoms with Gasteiger partial charge in [-0.2, -0.15) is 0 Å². The van der Waals surface area contributed by atoms with E-state index in [1.165, 1.54) is 6.42 Å². The van der Waals surface area contributed by atoms with Gasteiger partial charge in [-0.25, -0.2) is 0 Å². The number of amides is 2. The summed E-state index contributed by atoms with van der Waals surface area (Å²) in [5, 5.41) is 2.58. The van der Waals surface area contributed by atoms with Gasteiger partial charge in [0.25, 0.3) is 0 Å². The number of nitrogens with two attached hydrogens (primary N) is 1. The topological polar surface area (TPSA) is 75.4 Å². The quantitative estimate of drug-likeness (QED) is 0.860. The molecule has 0 spiro atoms. The maximum absolute atomic E-state index is 12.2. The number of para-hydroxylation sites is 1. The third-order valence-electron chi connectivity index (χ3n) is 4.52. The normalized spacial score (nSPS) is 22.0. The maximum atomic E-state index is 12.2. The van der Waals surface area contributed by atoms with E-state index in [-0.39, 0.29) is 30.4 Å². The molecule has 1 aliphatic carbocycles. The van der Waals surface area contributed by atoms with Crippen LogP contribution < -0.4 is 16.0 Å². The van der Waals surface area contributed by atoms with Gasteiger partial charge in [-0.05, 0) is 24.5 Å². The first-order valence-electron chi connectivity index (χ1n) is 7.56. The van der Waals surface area contributed by atoms with Gasteiger partial charge in [0, 0.05) is 11.2 Å². The number of carbonyl (C=O) groups is 2. The molecule has 1 aromatic rings. The number of carbonyl (C=O) groups excluding carboxylic acids is 2. The van der Waals surface area contributed by atoms with Crippen molar-refractivity contribution in [3.8, 4) is 0 Å². The fraction of sp³-hybridized carbons (Fsp3) is 0.500. The van der Waals surface area contributed by atoms with E-state index in [1.54, 1.807) is 4.90 Å². The van der Waals surface area contributed by atoms with Gasteiger partial charge in [-0.15, -0.1) is 0 Å². The van der Waals surface area contributed by atoms with Crippen LogP contribution >= 0.6 is 0 Å². The Labute approximate surface area is 124 Å². The fourth-order valence-corrected chi connectivity index (χ4v) is 3.36. The lowest BCUT2D eigenvalue weighted by Gasteiger charge is -2.38. The number of anilines is 1. The molecule has 1 aromatic carbocycles. The van der Waals surface area contributed by atoms with E-state index in [0.717, 1.165) is 36.9 Å². The van der Waals surface area contributed by atoms with Gasteiger partial charge < -0.3 is 16.0 Å².